The highest BCUT2D eigenvalue weighted by Crippen LogP contribution is 2.24. The molecule has 0 amide bonds. The van der Waals surface area contributed by atoms with Crippen LogP contribution in [0.25, 0.3) is 10.9 Å². The topological polar surface area (TPSA) is 17.0 Å². The second-order valence-electron chi connectivity index (χ2n) is 5.56. The molecule has 0 spiro atoms. The molecule has 0 saturated heterocycles. The van der Waals surface area contributed by atoms with Crippen molar-refractivity contribution in [1.29, 1.82) is 0 Å². The van der Waals surface area contributed by atoms with E-state index in [2.05, 4.69) is 68.9 Å². The van der Waals surface area contributed by atoms with Gasteiger partial charge in [-0.2, -0.15) is 0 Å². The van der Waals surface area contributed by atoms with Crippen molar-refractivity contribution in [3.05, 3.63) is 35.5 Å². The van der Waals surface area contributed by atoms with Crippen molar-refractivity contribution in [3.63, 3.8) is 0 Å². The lowest BCUT2D eigenvalue weighted by atomic mass is 10.1. The molecule has 1 N–H and O–H groups in total. The molecule has 2 aromatic rings. The second kappa shape index (κ2) is 5.15. The van der Waals surface area contributed by atoms with Gasteiger partial charge in [0, 0.05) is 36.2 Å². The first-order valence-corrected chi connectivity index (χ1v) is 6.78. The maximum atomic E-state index is 3.62. The van der Waals surface area contributed by atoms with E-state index in [1.165, 1.54) is 22.2 Å². The Hall–Kier alpha value is -1.28. The summed E-state index contributed by atoms with van der Waals surface area (Å²) < 4.78 is 2.31. The first-order valence-electron chi connectivity index (χ1n) is 6.78. The third-order valence-electron chi connectivity index (χ3n) is 4.10. The van der Waals surface area contributed by atoms with Gasteiger partial charge >= 0.3 is 0 Å². The fourth-order valence-corrected chi connectivity index (χ4v) is 2.38. The lowest BCUT2D eigenvalue weighted by Crippen LogP contribution is -2.31. The number of hydrogen-bond donors (Lipinski definition) is 1. The molecule has 0 aliphatic carbocycles. The Morgan fingerprint density at radius 2 is 1.83 bits per heavy atom. The highest BCUT2D eigenvalue weighted by molar-refractivity contribution is 5.85. The number of para-hydroxylation sites is 1. The Labute approximate surface area is 110 Å². The standard InChI is InChI=1S/C16H24N2/c1-11(2)13(4)17-10-16-12(3)14-8-6-7-9-15(14)18(16)5/h6-9,11,13,17H,10H2,1-5H3. The van der Waals surface area contributed by atoms with Crippen LogP contribution in [0.5, 0.6) is 0 Å². The van der Waals surface area contributed by atoms with Gasteiger partial charge in [0.05, 0.1) is 0 Å². The number of hydrogen-bond acceptors (Lipinski definition) is 1. The van der Waals surface area contributed by atoms with Crippen LogP contribution in [0.2, 0.25) is 0 Å². The summed E-state index contributed by atoms with van der Waals surface area (Å²) in [5.41, 5.74) is 4.12. The Morgan fingerprint density at radius 3 is 2.44 bits per heavy atom. The van der Waals surface area contributed by atoms with Crippen molar-refractivity contribution in [3.8, 4) is 0 Å². The largest absolute Gasteiger partial charge is 0.346 e. The van der Waals surface area contributed by atoms with Crippen LogP contribution in [0.1, 0.15) is 32.0 Å². The van der Waals surface area contributed by atoms with Crippen molar-refractivity contribution < 1.29 is 0 Å². The fraction of sp³-hybridized carbons (Fsp3) is 0.500. The minimum atomic E-state index is 0.544. The Balaban J connectivity index is 2.28. The van der Waals surface area contributed by atoms with Crippen LogP contribution in [0.15, 0.2) is 24.3 Å². The van der Waals surface area contributed by atoms with Crippen molar-refractivity contribution in [2.45, 2.75) is 40.3 Å². The zero-order valence-electron chi connectivity index (χ0n) is 12.1. The van der Waals surface area contributed by atoms with E-state index in [-0.39, 0.29) is 0 Å². The molecule has 18 heavy (non-hydrogen) atoms. The lowest BCUT2D eigenvalue weighted by molar-refractivity contribution is 0.421. The Morgan fingerprint density at radius 1 is 1.17 bits per heavy atom. The molecule has 0 bridgehead atoms. The van der Waals surface area contributed by atoms with Crippen LogP contribution in [-0.4, -0.2) is 10.6 Å². The van der Waals surface area contributed by atoms with Gasteiger partial charge in [0.1, 0.15) is 0 Å². The molecule has 98 valence electrons. The molecule has 0 radical (unpaired) electrons. The first kappa shape index (κ1) is 13.2. The van der Waals surface area contributed by atoms with Gasteiger partial charge < -0.3 is 9.88 Å². The van der Waals surface area contributed by atoms with E-state index in [0.717, 1.165) is 6.54 Å². The summed E-state index contributed by atoms with van der Waals surface area (Å²) in [6, 6.07) is 9.17. The summed E-state index contributed by atoms with van der Waals surface area (Å²) >= 11 is 0. The van der Waals surface area contributed by atoms with Crippen molar-refractivity contribution >= 4 is 10.9 Å². The predicted octanol–water partition coefficient (Wildman–Crippen LogP) is 3.62. The molecule has 1 heterocycles. The highest BCUT2D eigenvalue weighted by atomic mass is 15.0. The maximum absolute atomic E-state index is 3.62. The van der Waals surface area contributed by atoms with Crippen LogP contribution in [0.3, 0.4) is 0 Å². The fourth-order valence-electron chi connectivity index (χ4n) is 2.38. The summed E-state index contributed by atoms with van der Waals surface area (Å²) in [4.78, 5) is 0. The van der Waals surface area contributed by atoms with Crippen molar-refractivity contribution in [2.75, 3.05) is 0 Å². The molecule has 2 rings (SSSR count). The molecule has 0 fully saturated rings. The molecule has 1 aromatic heterocycles. The third kappa shape index (κ3) is 2.30. The van der Waals surface area contributed by atoms with Gasteiger partial charge in [0.25, 0.3) is 0 Å². The maximum Gasteiger partial charge on any atom is 0.0483 e. The monoisotopic (exact) mass is 244 g/mol. The van der Waals surface area contributed by atoms with Gasteiger partial charge in [0.2, 0.25) is 0 Å². The van der Waals surface area contributed by atoms with Crippen molar-refractivity contribution in [1.82, 2.24) is 9.88 Å². The molecule has 2 heteroatoms. The number of nitrogens with one attached hydrogen (secondary N) is 1. The molecule has 2 nitrogen and oxygen atoms in total. The summed E-state index contributed by atoms with van der Waals surface area (Å²) in [7, 11) is 2.16. The first-order chi connectivity index (χ1) is 8.52. The van der Waals surface area contributed by atoms with E-state index in [9.17, 15) is 0 Å². The average molecular weight is 244 g/mol. The van der Waals surface area contributed by atoms with Crippen LogP contribution < -0.4 is 5.32 Å². The van der Waals surface area contributed by atoms with Crippen LogP contribution in [-0.2, 0) is 13.6 Å². The van der Waals surface area contributed by atoms with Crippen LogP contribution in [0.4, 0.5) is 0 Å². The van der Waals surface area contributed by atoms with Gasteiger partial charge in [-0.25, -0.2) is 0 Å². The summed E-state index contributed by atoms with van der Waals surface area (Å²) in [6.45, 7) is 9.93. The second-order valence-corrected chi connectivity index (χ2v) is 5.56. The number of benzene rings is 1. The molecule has 1 unspecified atom stereocenters. The van der Waals surface area contributed by atoms with Gasteiger partial charge in [-0.1, -0.05) is 32.0 Å². The molecule has 0 aliphatic heterocycles. The normalized spacial score (nSPS) is 13.4. The minimum Gasteiger partial charge on any atom is -0.346 e. The molecular weight excluding hydrogens is 220 g/mol. The number of aromatic nitrogens is 1. The smallest absolute Gasteiger partial charge is 0.0483 e. The third-order valence-corrected chi connectivity index (χ3v) is 4.10. The SMILES string of the molecule is Cc1c(CNC(C)C(C)C)n(C)c2ccccc12. The van der Waals surface area contributed by atoms with Gasteiger partial charge in [-0.15, -0.1) is 0 Å². The van der Waals surface area contributed by atoms with E-state index in [1.807, 2.05) is 0 Å². The number of nitrogens with zero attached hydrogens (tertiary/aromatic N) is 1. The van der Waals surface area contributed by atoms with E-state index in [1.54, 1.807) is 0 Å². The number of fused-ring (bicyclic) bond motifs is 1. The van der Waals surface area contributed by atoms with Crippen LogP contribution >= 0.6 is 0 Å². The molecule has 1 atom stereocenters. The summed E-state index contributed by atoms with van der Waals surface area (Å²) in [5, 5.41) is 4.99. The zero-order valence-corrected chi connectivity index (χ0v) is 12.1. The average Bonchev–Trinajstić information content (AvgIpc) is 2.60. The van der Waals surface area contributed by atoms with E-state index >= 15 is 0 Å². The van der Waals surface area contributed by atoms with Gasteiger partial charge in [-0.3, -0.25) is 0 Å². The van der Waals surface area contributed by atoms with E-state index < -0.39 is 0 Å². The molecular formula is C16H24N2. The van der Waals surface area contributed by atoms with E-state index in [0.29, 0.717) is 12.0 Å². The summed E-state index contributed by atoms with van der Waals surface area (Å²) in [5.74, 6) is 0.667. The van der Waals surface area contributed by atoms with Crippen LogP contribution in [0, 0.1) is 12.8 Å². The Bertz CT molecular complexity index is 498. The Kier molecular flexibility index (Phi) is 3.76. The zero-order chi connectivity index (χ0) is 13.3. The number of aryl methyl sites for hydroxylation is 2. The summed E-state index contributed by atoms with van der Waals surface area (Å²) in [6.07, 6.45) is 0. The van der Waals surface area contributed by atoms with Crippen molar-refractivity contribution in [2.24, 2.45) is 13.0 Å². The van der Waals surface area contributed by atoms with E-state index in [4.69, 9.17) is 0 Å². The molecule has 0 saturated carbocycles. The highest BCUT2D eigenvalue weighted by Gasteiger charge is 2.12. The predicted molar refractivity (Wildman–Crippen MR) is 78.8 cm³/mol. The lowest BCUT2D eigenvalue weighted by Gasteiger charge is -2.18. The van der Waals surface area contributed by atoms with Gasteiger partial charge in [-0.05, 0) is 31.4 Å². The quantitative estimate of drug-likeness (QED) is 0.869. The van der Waals surface area contributed by atoms with Gasteiger partial charge in [0.15, 0.2) is 0 Å². The molecule has 1 aromatic carbocycles. The molecule has 0 aliphatic rings. The minimum absolute atomic E-state index is 0.544. The number of rotatable bonds is 4.